The van der Waals surface area contributed by atoms with E-state index >= 15 is 0 Å². The van der Waals surface area contributed by atoms with Crippen molar-refractivity contribution < 1.29 is 22.7 Å². The summed E-state index contributed by atoms with van der Waals surface area (Å²) in [5, 5.41) is 0. The minimum absolute atomic E-state index is 0.168. The molecule has 0 fully saturated rings. The molecule has 1 rings (SSSR count). The Morgan fingerprint density at radius 2 is 2.07 bits per heavy atom. The SMILES string of the molecule is Nc1ccc(C(=O)OC(F)F)cc1F. The Labute approximate surface area is 77.3 Å². The fourth-order valence-corrected chi connectivity index (χ4v) is 0.803. The van der Waals surface area contributed by atoms with Crippen molar-refractivity contribution in [2.75, 3.05) is 5.73 Å². The van der Waals surface area contributed by atoms with E-state index in [0.717, 1.165) is 18.2 Å². The number of carbonyl (C=O) groups excluding carboxylic acids is 1. The zero-order valence-corrected chi connectivity index (χ0v) is 6.84. The van der Waals surface area contributed by atoms with Crippen LogP contribution >= 0.6 is 0 Å². The van der Waals surface area contributed by atoms with Crippen LogP contribution < -0.4 is 5.73 Å². The maximum atomic E-state index is 12.8. The molecule has 0 saturated heterocycles. The van der Waals surface area contributed by atoms with Gasteiger partial charge in [-0.05, 0) is 18.2 Å². The smallest absolute Gasteiger partial charge is 0.389 e. The van der Waals surface area contributed by atoms with Gasteiger partial charge >= 0.3 is 12.6 Å². The van der Waals surface area contributed by atoms with Gasteiger partial charge in [-0.3, -0.25) is 0 Å². The van der Waals surface area contributed by atoms with Crippen LogP contribution in [-0.2, 0) is 4.74 Å². The van der Waals surface area contributed by atoms with Crippen LogP contribution in [0, 0.1) is 5.82 Å². The van der Waals surface area contributed by atoms with Crippen LogP contribution in [0.25, 0.3) is 0 Å². The van der Waals surface area contributed by atoms with E-state index in [9.17, 15) is 18.0 Å². The van der Waals surface area contributed by atoms with E-state index in [0.29, 0.717) is 0 Å². The second kappa shape index (κ2) is 3.99. The molecule has 14 heavy (non-hydrogen) atoms. The molecule has 0 saturated carbocycles. The summed E-state index contributed by atoms with van der Waals surface area (Å²) in [5.41, 5.74) is 4.64. The topological polar surface area (TPSA) is 52.3 Å². The number of hydrogen-bond acceptors (Lipinski definition) is 3. The summed E-state index contributed by atoms with van der Waals surface area (Å²) in [6.45, 7) is -3.22. The van der Waals surface area contributed by atoms with E-state index in [1.807, 2.05) is 0 Å². The van der Waals surface area contributed by atoms with Crippen molar-refractivity contribution in [3.63, 3.8) is 0 Å². The molecule has 0 amide bonds. The lowest BCUT2D eigenvalue weighted by Crippen LogP contribution is -2.10. The zero-order chi connectivity index (χ0) is 10.7. The maximum absolute atomic E-state index is 12.8. The van der Waals surface area contributed by atoms with Crippen molar-refractivity contribution in [1.82, 2.24) is 0 Å². The van der Waals surface area contributed by atoms with Gasteiger partial charge in [-0.25, -0.2) is 9.18 Å². The molecule has 2 N–H and O–H groups in total. The van der Waals surface area contributed by atoms with Gasteiger partial charge in [0.25, 0.3) is 0 Å². The molecule has 0 aromatic heterocycles. The van der Waals surface area contributed by atoms with Crippen molar-refractivity contribution in [3.05, 3.63) is 29.6 Å². The Morgan fingerprint density at radius 3 is 2.57 bits per heavy atom. The highest BCUT2D eigenvalue weighted by molar-refractivity contribution is 5.89. The average molecular weight is 205 g/mol. The lowest BCUT2D eigenvalue weighted by Gasteiger charge is -2.03. The number of rotatable bonds is 2. The molecule has 0 spiro atoms. The van der Waals surface area contributed by atoms with Crippen molar-refractivity contribution in [1.29, 1.82) is 0 Å². The van der Waals surface area contributed by atoms with Crippen LogP contribution in [0.5, 0.6) is 0 Å². The minimum atomic E-state index is -3.22. The molecule has 0 radical (unpaired) electrons. The summed E-state index contributed by atoms with van der Waals surface area (Å²) in [6.07, 6.45) is 0. The molecule has 0 heterocycles. The number of halogens is 3. The molecule has 0 aliphatic rings. The number of nitrogen functional groups attached to an aromatic ring is 1. The van der Waals surface area contributed by atoms with Gasteiger partial charge in [0.15, 0.2) is 0 Å². The predicted molar refractivity (Wildman–Crippen MR) is 42.2 cm³/mol. The van der Waals surface area contributed by atoms with Crippen LogP contribution in [0.3, 0.4) is 0 Å². The number of esters is 1. The molecule has 0 aliphatic heterocycles. The van der Waals surface area contributed by atoms with E-state index in [-0.39, 0.29) is 11.3 Å². The summed E-state index contributed by atoms with van der Waals surface area (Å²) in [6, 6.07) is 2.93. The van der Waals surface area contributed by atoms with E-state index in [1.54, 1.807) is 0 Å². The number of benzene rings is 1. The first kappa shape index (κ1) is 10.4. The van der Waals surface area contributed by atoms with Crippen molar-refractivity contribution in [3.8, 4) is 0 Å². The predicted octanol–water partition coefficient (Wildman–Crippen LogP) is 1.79. The zero-order valence-electron chi connectivity index (χ0n) is 6.84. The highest BCUT2D eigenvalue weighted by Gasteiger charge is 2.14. The number of alkyl halides is 2. The lowest BCUT2D eigenvalue weighted by molar-refractivity contribution is -0.0906. The van der Waals surface area contributed by atoms with Crippen LogP contribution in [0.15, 0.2) is 18.2 Å². The summed E-state index contributed by atoms with van der Waals surface area (Å²) < 4.78 is 39.5. The molecular weight excluding hydrogens is 199 g/mol. The fourth-order valence-electron chi connectivity index (χ4n) is 0.803. The molecule has 1 aromatic rings. The largest absolute Gasteiger partial charge is 0.399 e. The number of nitrogens with two attached hydrogens (primary N) is 1. The third kappa shape index (κ3) is 2.38. The van der Waals surface area contributed by atoms with Crippen LogP contribution in [0.2, 0.25) is 0 Å². The van der Waals surface area contributed by atoms with Crippen molar-refractivity contribution in [2.45, 2.75) is 6.61 Å². The van der Waals surface area contributed by atoms with Gasteiger partial charge in [-0.2, -0.15) is 8.78 Å². The third-order valence-corrected chi connectivity index (χ3v) is 1.43. The minimum Gasteiger partial charge on any atom is -0.399 e. The van der Waals surface area contributed by atoms with Crippen molar-refractivity contribution >= 4 is 11.7 Å². The Bertz CT molecular complexity index is 354. The third-order valence-electron chi connectivity index (χ3n) is 1.43. The number of hydrogen-bond donors (Lipinski definition) is 1. The monoisotopic (exact) mass is 205 g/mol. The van der Waals surface area contributed by atoms with Gasteiger partial charge in [0.05, 0.1) is 11.3 Å². The molecule has 6 heteroatoms. The quantitative estimate of drug-likeness (QED) is 0.591. The summed E-state index contributed by atoms with van der Waals surface area (Å²) in [7, 11) is 0. The molecule has 0 bridgehead atoms. The van der Waals surface area contributed by atoms with Gasteiger partial charge in [0, 0.05) is 0 Å². The number of ether oxygens (including phenoxy) is 1. The van der Waals surface area contributed by atoms with E-state index in [4.69, 9.17) is 5.73 Å². The standard InChI is InChI=1S/C8H6F3NO2/c9-5-3-4(1-2-6(5)12)7(13)14-8(10)11/h1-3,8H,12H2. The van der Waals surface area contributed by atoms with Crippen LogP contribution in [0.4, 0.5) is 18.9 Å². The Balaban J connectivity index is 2.86. The summed E-state index contributed by atoms with van der Waals surface area (Å²) >= 11 is 0. The van der Waals surface area contributed by atoms with Gasteiger partial charge < -0.3 is 10.5 Å². The Hall–Kier alpha value is -1.72. The van der Waals surface area contributed by atoms with Crippen LogP contribution in [-0.4, -0.2) is 12.6 Å². The Kier molecular flexibility index (Phi) is 2.95. The lowest BCUT2D eigenvalue weighted by atomic mass is 10.2. The average Bonchev–Trinajstić information content (AvgIpc) is 2.08. The Morgan fingerprint density at radius 1 is 1.43 bits per heavy atom. The van der Waals surface area contributed by atoms with Gasteiger partial charge in [-0.15, -0.1) is 0 Å². The number of anilines is 1. The first-order chi connectivity index (χ1) is 6.50. The fraction of sp³-hybridized carbons (Fsp3) is 0.125. The van der Waals surface area contributed by atoms with Gasteiger partial charge in [0.1, 0.15) is 5.82 Å². The second-order valence-electron chi connectivity index (χ2n) is 2.40. The normalized spacial score (nSPS) is 10.3. The summed E-state index contributed by atoms with van der Waals surface area (Å²) in [4.78, 5) is 10.8. The van der Waals surface area contributed by atoms with Crippen molar-refractivity contribution in [2.24, 2.45) is 0 Å². The van der Waals surface area contributed by atoms with Gasteiger partial charge in [0.2, 0.25) is 0 Å². The van der Waals surface area contributed by atoms with E-state index in [1.165, 1.54) is 0 Å². The molecular formula is C8H6F3NO2. The number of carbonyl (C=O) groups is 1. The molecule has 1 aromatic carbocycles. The highest BCUT2D eigenvalue weighted by atomic mass is 19.3. The van der Waals surface area contributed by atoms with Gasteiger partial charge in [-0.1, -0.05) is 0 Å². The molecule has 0 aliphatic carbocycles. The maximum Gasteiger partial charge on any atom is 0.389 e. The van der Waals surface area contributed by atoms with E-state index in [2.05, 4.69) is 4.74 Å². The second-order valence-corrected chi connectivity index (χ2v) is 2.40. The molecule has 0 atom stereocenters. The molecule has 76 valence electrons. The first-order valence-corrected chi connectivity index (χ1v) is 3.55. The van der Waals surface area contributed by atoms with Crippen LogP contribution in [0.1, 0.15) is 10.4 Å². The first-order valence-electron chi connectivity index (χ1n) is 3.55. The molecule has 3 nitrogen and oxygen atoms in total. The van der Waals surface area contributed by atoms with E-state index < -0.39 is 18.4 Å². The molecule has 0 unspecified atom stereocenters. The summed E-state index contributed by atoms with van der Waals surface area (Å²) in [5.74, 6) is -2.15. The highest BCUT2D eigenvalue weighted by Crippen LogP contribution is 2.13.